The van der Waals surface area contributed by atoms with Gasteiger partial charge >= 0.3 is 0 Å². The molecule has 114 valence electrons. The molecule has 0 radical (unpaired) electrons. The van der Waals surface area contributed by atoms with E-state index in [1.165, 1.54) is 0 Å². The molecule has 0 spiro atoms. The molecule has 23 heavy (non-hydrogen) atoms. The van der Waals surface area contributed by atoms with Crippen LogP contribution in [-0.4, -0.2) is 28.6 Å². The van der Waals surface area contributed by atoms with Crippen LogP contribution in [-0.2, 0) is 0 Å². The van der Waals surface area contributed by atoms with Crippen LogP contribution in [0.2, 0.25) is 0 Å². The summed E-state index contributed by atoms with van der Waals surface area (Å²) in [6, 6.07) is 7.24. The third kappa shape index (κ3) is 2.44. The van der Waals surface area contributed by atoms with Crippen LogP contribution in [0.5, 0.6) is 0 Å². The van der Waals surface area contributed by atoms with E-state index in [2.05, 4.69) is 20.3 Å². The number of furan rings is 1. The van der Waals surface area contributed by atoms with Gasteiger partial charge in [0.25, 0.3) is 0 Å². The van der Waals surface area contributed by atoms with E-state index in [4.69, 9.17) is 9.41 Å². The number of amidine groups is 1. The van der Waals surface area contributed by atoms with Gasteiger partial charge in [-0.2, -0.15) is 0 Å². The molecule has 1 unspecified atom stereocenters. The summed E-state index contributed by atoms with van der Waals surface area (Å²) in [6.07, 6.45) is 5.13. The number of fused-ring (bicyclic) bond motifs is 1. The molecule has 0 saturated carbocycles. The number of hydrogen-bond acceptors (Lipinski definition) is 7. The van der Waals surface area contributed by atoms with Crippen LogP contribution in [0.1, 0.15) is 22.4 Å². The van der Waals surface area contributed by atoms with Gasteiger partial charge < -0.3 is 9.73 Å². The summed E-state index contributed by atoms with van der Waals surface area (Å²) in [7, 11) is 1.83. The number of aliphatic imine (C=N–C) groups is 2. The first-order chi connectivity index (χ1) is 11.4. The second-order valence-electron chi connectivity index (χ2n) is 4.85. The van der Waals surface area contributed by atoms with Gasteiger partial charge in [0.15, 0.2) is 17.6 Å². The average Bonchev–Trinajstić information content (AvgIpc) is 3.26. The first kappa shape index (κ1) is 13.8. The van der Waals surface area contributed by atoms with Crippen molar-refractivity contribution in [2.75, 3.05) is 7.05 Å². The van der Waals surface area contributed by atoms with Crippen LogP contribution < -0.4 is 5.32 Å². The number of rotatable bonds is 2. The smallest absolute Gasteiger partial charge is 0.163 e. The van der Waals surface area contributed by atoms with Crippen molar-refractivity contribution in [1.29, 1.82) is 0 Å². The standard InChI is InChI=1S/C16H13N5OS/c1-17-15-13(16-19-7-9-23-16)20-12(11-5-3-8-22-11)10-4-2-6-18-14(10)21-15/h2-9,13H,1H3,(H,17,18,21). The Kier molecular flexibility index (Phi) is 3.47. The predicted molar refractivity (Wildman–Crippen MR) is 89.6 cm³/mol. The van der Waals surface area contributed by atoms with Gasteiger partial charge in [0.05, 0.1) is 6.26 Å². The van der Waals surface area contributed by atoms with Crippen molar-refractivity contribution >= 4 is 28.7 Å². The highest BCUT2D eigenvalue weighted by molar-refractivity contribution is 7.09. The number of nitrogens with zero attached hydrogens (tertiary/aromatic N) is 4. The van der Waals surface area contributed by atoms with E-state index in [1.807, 2.05) is 36.7 Å². The fraction of sp³-hybridized carbons (Fsp3) is 0.125. The molecule has 1 atom stereocenters. The first-order valence-electron chi connectivity index (χ1n) is 7.09. The Labute approximate surface area is 136 Å². The summed E-state index contributed by atoms with van der Waals surface area (Å²) in [6.45, 7) is 0. The molecule has 6 nitrogen and oxygen atoms in total. The van der Waals surface area contributed by atoms with Gasteiger partial charge in [0.1, 0.15) is 16.6 Å². The van der Waals surface area contributed by atoms with E-state index in [0.717, 1.165) is 16.3 Å². The summed E-state index contributed by atoms with van der Waals surface area (Å²) in [5.41, 5.74) is 1.57. The molecule has 0 amide bonds. The van der Waals surface area contributed by atoms with E-state index in [0.29, 0.717) is 17.4 Å². The Balaban J connectivity index is 1.96. The van der Waals surface area contributed by atoms with E-state index < -0.39 is 0 Å². The van der Waals surface area contributed by atoms with Crippen molar-refractivity contribution < 1.29 is 4.42 Å². The molecule has 0 bridgehead atoms. The topological polar surface area (TPSA) is 75.7 Å². The highest BCUT2D eigenvalue weighted by Gasteiger charge is 2.27. The van der Waals surface area contributed by atoms with Crippen LogP contribution in [0.25, 0.3) is 0 Å². The number of pyridine rings is 1. The third-order valence-electron chi connectivity index (χ3n) is 3.48. The Morgan fingerprint density at radius 1 is 1.17 bits per heavy atom. The van der Waals surface area contributed by atoms with Crippen LogP contribution in [0.15, 0.2) is 62.7 Å². The molecule has 1 aliphatic rings. The molecule has 3 aromatic heterocycles. The SMILES string of the molecule is CNC1=Nc2ncccc2C(c2ccco2)=NC1c1nccs1. The second-order valence-corrected chi connectivity index (χ2v) is 5.78. The lowest BCUT2D eigenvalue weighted by Crippen LogP contribution is -2.25. The molecule has 0 aromatic carbocycles. The van der Waals surface area contributed by atoms with E-state index in [1.54, 1.807) is 30.0 Å². The highest BCUT2D eigenvalue weighted by atomic mass is 32.1. The fourth-order valence-electron chi connectivity index (χ4n) is 2.45. The average molecular weight is 323 g/mol. The van der Waals surface area contributed by atoms with E-state index in [-0.39, 0.29) is 6.04 Å². The van der Waals surface area contributed by atoms with E-state index >= 15 is 0 Å². The maximum atomic E-state index is 5.57. The summed E-state index contributed by atoms with van der Waals surface area (Å²) >= 11 is 1.55. The van der Waals surface area contributed by atoms with Gasteiger partial charge in [0.2, 0.25) is 0 Å². The summed E-state index contributed by atoms with van der Waals surface area (Å²) in [5, 5.41) is 5.93. The van der Waals surface area contributed by atoms with Gasteiger partial charge in [0, 0.05) is 30.4 Å². The largest absolute Gasteiger partial charge is 0.463 e. The second kappa shape index (κ2) is 5.77. The minimum atomic E-state index is -0.311. The normalized spacial score (nSPS) is 17.0. The monoisotopic (exact) mass is 323 g/mol. The summed E-state index contributed by atoms with van der Waals surface area (Å²) in [5.74, 6) is 2.01. The van der Waals surface area contributed by atoms with Gasteiger partial charge in [-0.05, 0) is 24.3 Å². The lowest BCUT2D eigenvalue weighted by atomic mass is 10.1. The van der Waals surface area contributed by atoms with Gasteiger partial charge in [-0.3, -0.25) is 4.99 Å². The maximum absolute atomic E-state index is 5.57. The Hall–Kier alpha value is -2.80. The Morgan fingerprint density at radius 2 is 2.13 bits per heavy atom. The number of likely N-dealkylation sites (N-methyl/N-ethyl adjacent to an activating group) is 1. The number of nitrogens with one attached hydrogen (secondary N) is 1. The minimum Gasteiger partial charge on any atom is -0.463 e. The molecule has 1 N–H and O–H groups in total. The number of thiazole rings is 1. The van der Waals surface area contributed by atoms with E-state index in [9.17, 15) is 0 Å². The van der Waals surface area contributed by atoms with Crippen LogP contribution >= 0.6 is 11.3 Å². The lowest BCUT2D eigenvalue weighted by Gasteiger charge is -2.11. The van der Waals surface area contributed by atoms with Crippen molar-refractivity contribution in [3.63, 3.8) is 0 Å². The molecule has 1 aliphatic heterocycles. The molecular weight excluding hydrogens is 310 g/mol. The van der Waals surface area contributed by atoms with Gasteiger partial charge in [-0.15, -0.1) is 11.3 Å². The minimum absolute atomic E-state index is 0.311. The lowest BCUT2D eigenvalue weighted by molar-refractivity contribution is 0.557. The zero-order valence-corrected chi connectivity index (χ0v) is 13.1. The molecule has 4 heterocycles. The van der Waals surface area contributed by atoms with Crippen molar-refractivity contribution in [3.05, 3.63) is 64.6 Å². The third-order valence-corrected chi connectivity index (χ3v) is 4.31. The van der Waals surface area contributed by atoms with Crippen molar-refractivity contribution in [2.45, 2.75) is 6.04 Å². The molecule has 7 heteroatoms. The van der Waals surface area contributed by atoms with Crippen LogP contribution in [0.3, 0.4) is 0 Å². The summed E-state index contributed by atoms with van der Waals surface area (Å²) in [4.78, 5) is 18.3. The van der Waals surface area contributed by atoms with Crippen molar-refractivity contribution in [3.8, 4) is 0 Å². The van der Waals surface area contributed by atoms with Crippen molar-refractivity contribution in [2.24, 2.45) is 9.98 Å². The fourth-order valence-corrected chi connectivity index (χ4v) is 3.13. The molecule has 0 saturated heterocycles. The first-order valence-corrected chi connectivity index (χ1v) is 7.97. The number of aromatic nitrogens is 2. The van der Waals surface area contributed by atoms with Gasteiger partial charge in [-0.1, -0.05) is 0 Å². The molecule has 0 fully saturated rings. The molecule has 0 aliphatic carbocycles. The Bertz CT molecular complexity index is 868. The molecule has 3 aromatic rings. The van der Waals surface area contributed by atoms with Gasteiger partial charge in [-0.25, -0.2) is 15.0 Å². The highest BCUT2D eigenvalue weighted by Crippen LogP contribution is 2.30. The molecular formula is C16H13N5OS. The predicted octanol–water partition coefficient (Wildman–Crippen LogP) is 2.97. The van der Waals surface area contributed by atoms with Crippen LogP contribution in [0, 0.1) is 0 Å². The summed E-state index contributed by atoms with van der Waals surface area (Å²) < 4.78 is 5.57. The Morgan fingerprint density at radius 3 is 2.87 bits per heavy atom. The maximum Gasteiger partial charge on any atom is 0.163 e. The number of hydrogen-bond donors (Lipinski definition) is 1. The van der Waals surface area contributed by atoms with Crippen LogP contribution in [0.4, 0.5) is 5.82 Å². The zero-order chi connectivity index (χ0) is 15.6. The molecule has 4 rings (SSSR count). The zero-order valence-electron chi connectivity index (χ0n) is 12.3. The quantitative estimate of drug-likeness (QED) is 0.786. The van der Waals surface area contributed by atoms with Crippen molar-refractivity contribution in [1.82, 2.24) is 15.3 Å².